The fourth-order valence-electron chi connectivity index (χ4n) is 2.64. The molecule has 0 heterocycles. The van der Waals surface area contributed by atoms with Gasteiger partial charge in [0.15, 0.2) is 0 Å². The van der Waals surface area contributed by atoms with Gasteiger partial charge in [0.05, 0.1) is 0 Å². The first kappa shape index (κ1) is 17.9. The zero-order chi connectivity index (χ0) is 17.2. The molecule has 0 radical (unpaired) electrons. The number of hydrogen-bond acceptors (Lipinski definition) is 3. The normalized spacial score (nSPS) is 11.7. The van der Waals surface area contributed by atoms with Crippen LogP contribution in [0.3, 0.4) is 0 Å². The highest BCUT2D eigenvalue weighted by Gasteiger charge is 2.24. The first-order chi connectivity index (χ1) is 11.7. The Morgan fingerprint density at radius 1 is 0.875 bits per heavy atom. The fraction of sp³-hybridized carbons (Fsp3) is 0.333. The van der Waals surface area contributed by atoms with Crippen molar-refractivity contribution in [3.8, 4) is 0 Å². The van der Waals surface area contributed by atoms with Gasteiger partial charge in [0.1, 0.15) is 18.3 Å². The summed E-state index contributed by atoms with van der Waals surface area (Å²) in [5.74, 6) is -1.18. The van der Waals surface area contributed by atoms with E-state index in [-0.39, 0.29) is 12.4 Å². The van der Waals surface area contributed by atoms with Crippen LogP contribution in [0.15, 0.2) is 60.7 Å². The van der Waals surface area contributed by atoms with Crippen LogP contribution in [0.4, 0.5) is 0 Å². The van der Waals surface area contributed by atoms with Gasteiger partial charge in [-0.2, -0.15) is 0 Å². The molecule has 126 valence electrons. The van der Waals surface area contributed by atoms with E-state index in [0.717, 1.165) is 24.8 Å². The van der Waals surface area contributed by atoms with Crippen molar-refractivity contribution < 1.29 is 14.3 Å². The number of aryl methyl sites for hydroxylation is 1. The second-order valence-electron chi connectivity index (χ2n) is 5.99. The van der Waals surface area contributed by atoms with Crippen molar-refractivity contribution in [2.45, 2.75) is 39.2 Å². The number of carbonyl (C=O) groups excluding carboxylic acids is 2. The standard InChI is InChI=1S/C21H24O3/c1-17(22)20(15-9-8-12-18-10-4-2-5-11-18)21(23)24-16-19-13-6-3-7-14-19/h2-7,10-11,13-14,20H,8-9,12,15-16H2,1H3. The second kappa shape index (κ2) is 9.66. The van der Waals surface area contributed by atoms with Crippen molar-refractivity contribution in [3.05, 3.63) is 71.8 Å². The monoisotopic (exact) mass is 324 g/mol. The highest BCUT2D eigenvalue weighted by molar-refractivity contribution is 5.97. The van der Waals surface area contributed by atoms with Gasteiger partial charge in [-0.05, 0) is 37.3 Å². The summed E-state index contributed by atoms with van der Waals surface area (Å²) in [5.41, 5.74) is 2.21. The topological polar surface area (TPSA) is 43.4 Å². The van der Waals surface area contributed by atoms with E-state index in [4.69, 9.17) is 4.74 Å². The van der Waals surface area contributed by atoms with Crippen LogP contribution in [-0.2, 0) is 27.4 Å². The molecular formula is C21H24O3. The maximum atomic E-state index is 12.2. The average molecular weight is 324 g/mol. The smallest absolute Gasteiger partial charge is 0.316 e. The van der Waals surface area contributed by atoms with Gasteiger partial charge in [-0.15, -0.1) is 0 Å². The Balaban J connectivity index is 1.76. The molecule has 0 saturated heterocycles. The molecule has 0 fully saturated rings. The molecule has 2 aromatic rings. The molecule has 2 aromatic carbocycles. The maximum absolute atomic E-state index is 12.2. The zero-order valence-corrected chi connectivity index (χ0v) is 14.1. The van der Waals surface area contributed by atoms with Crippen LogP contribution in [0, 0.1) is 5.92 Å². The van der Waals surface area contributed by atoms with Gasteiger partial charge in [0.2, 0.25) is 0 Å². The van der Waals surface area contributed by atoms with Crippen molar-refractivity contribution in [3.63, 3.8) is 0 Å². The van der Waals surface area contributed by atoms with Gasteiger partial charge in [-0.1, -0.05) is 67.1 Å². The largest absolute Gasteiger partial charge is 0.460 e. The number of ketones is 1. The lowest BCUT2D eigenvalue weighted by Gasteiger charge is -2.13. The van der Waals surface area contributed by atoms with Crippen LogP contribution < -0.4 is 0 Å². The number of hydrogen-bond donors (Lipinski definition) is 0. The van der Waals surface area contributed by atoms with E-state index in [2.05, 4.69) is 12.1 Å². The minimum absolute atomic E-state index is 0.118. The molecule has 0 saturated carbocycles. The molecule has 0 aliphatic heterocycles. The molecule has 2 rings (SSSR count). The Morgan fingerprint density at radius 3 is 2.04 bits per heavy atom. The van der Waals surface area contributed by atoms with Crippen molar-refractivity contribution in [1.82, 2.24) is 0 Å². The lowest BCUT2D eigenvalue weighted by molar-refractivity contribution is -0.153. The highest BCUT2D eigenvalue weighted by atomic mass is 16.5. The summed E-state index contributed by atoms with van der Waals surface area (Å²) in [6.07, 6.45) is 3.31. The summed E-state index contributed by atoms with van der Waals surface area (Å²) in [4.78, 5) is 23.9. The van der Waals surface area contributed by atoms with Gasteiger partial charge in [-0.3, -0.25) is 9.59 Å². The highest BCUT2D eigenvalue weighted by Crippen LogP contribution is 2.15. The molecule has 1 atom stereocenters. The van der Waals surface area contributed by atoms with Gasteiger partial charge in [0, 0.05) is 0 Å². The van der Waals surface area contributed by atoms with Crippen molar-refractivity contribution in [1.29, 1.82) is 0 Å². The summed E-state index contributed by atoms with van der Waals surface area (Å²) in [7, 11) is 0. The Bertz CT molecular complexity index is 635. The Morgan fingerprint density at radius 2 is 1.46 bits per heavy atom. The van der Waals surface area contributed by atoms with Crippen LogP contribution in [0.2, 0.25) is 0 Å². The third-order valence-corrected chi connectivity index (χ3v) is 4.05. The van der Waals surface area contributed by atoms with E-state index in [1.54, 1.807) is 0 Å². The molecule has 3 nitrogen and oxygen atoms in total. The Hall–Kier alpha value is -2.42. The van der Waals surface area contributed by atoms with Gasteiger partial charge in [-0.25, -0.2) is 0 Å². The van der Waals surface area contributed by atoms with E-state index in [0.29, 0.717) is 6.42 Å². The number of esters is 1. The number of benzene rings is 2. The molecular weight excluding hydrogens is 300 g/mol. The first-order valence-corrected chi connectivity index (χ1v) is 8.42. The quantitative estimate of drug-likeness (QED) is 0.391. The van der Waals surface area contributed by atoms with Crippen LogP contribution in [0.1, 0.15) is 37.3 Å². The van der Waals surface area contributed by atoms with Crippen molar-refractivity contribution in [2.24, 2.45) is 5.92 Å². The van der Waals surface area contributed by atoms with Crippen LogP contribution in [0.5, 0.6) is 0 Å². The van der Waals surface area contributed by atoms with Crippen molar-refractivity contribution >= 4 is 11.8 Å². The number of ether oxygens (including phenoxy) is 1. The van der Waals surface area contributed by atoms with E-state index >= 15 is 0 Å². The summed E-state index contributed by atoms with van der Waals surface area (Å²) in [5, 5.41) is 0. The molecule has 0 N–H and O–H groups in total. The third kappa shape index (κ3) is 5.99. The molecule has 3 heteroatoms. The lowest BCUT2D eigenvalue weighted by Crippen LogP contribution is -2.24. The number of carbonyl (C=O) groups is 2. The second-order valence-corrected chi connectivity index (χ2v) is 5.99. The summed E-state index contributed by atoms with van der Waals surface area (Å²) >= 11 is 0. The predicted molar refractivity (Wildman–Crippen MR) is 94.4 cm³/mol. The average Bonchev–Trinajstić information content (AvgIpc) is 2.61. The molecule has 0 aromatic heterocycles. The van der Waals surface area contributed by atoms with E-state index < -0.39 is 11.9 Å². The van der Waals surface area contributed by atoms with E-state index in [1.807, 2.05) is 48.5 Å². The Kier molecular flexibility index (Phi) is 7.21. The molecule has 0 spiro atoms. The number of unbranched alkanes of at least 4 members (excludes halogenated alkanes) is 1. The molecule has 0 bridgehead atoms. The first-order valence-electron chi connectivity index (χ1n) is 8.42. The van der Waals surface area contributed by atoms with Gasteiger partial charge < -0.3 is 4.74 Å². The van der Waals surface area contributed by atoms with E-state index in [9.17, 15) is 9.59 Å². The van der Waals surface area contributed by atoms with Gasteiger partial charge >= 0.3 is 5.97 Å². The minimum Gasteiger partial charge on any atom is -0.460 e. The van der Waals surface area contributed by atoms with E-state index in [1.165, 1.54) is 12.5 Å². The lowest BCUT2D eigenvalue weighted by atomic mass is 9.96. The summed E-state index contributed by atoms with van der Waals surface area (Å²) in [6, 6.07) is 19.7. The molecule has 0 aliphatic carbocycles. The molecule has 0 aliphatic rings. The summed E-state index contributed by atoms with van der Waals surface area (Å²) < 4.78 is 5.31. The number of Topliss-reactive ketones (excluding diaryl/α,β-unsaturated/α-hetero) is 1. The maximum Gasteiger partial charge on any atom is 0.316 e. The van der Waals surface area contributed by atoms with Crippen LogP contribution in [0.25, 0.3) is 0 Å². The SMILES string of the molecule is CC(=O)C(CCCCc1ccccc1)C(=O)OCc1ccccc1. The molecule has 24 heavy (non-hydrogen) atoms. The minimum atomic E-state index is -0.649. The molecule has 0 amide bonds. The van der Waals surface area contributed by atoms with Crippen molar-refractivity contribution in [2.75, 3.05) is 0 Å². The van der Waals surface area contributed by atoms with Crippen LogP contribution in [-0.4, -0.2) is 11.8 Å². The number of rotatable bonds is 9. The fourth-order valence-corrected chi connectivity index (χ4v) is 2.64. The van der Waals surface area contributed by atoms with Gasteiger partial charge in [0.25, 0.3) is 0 Å². The Labute approximate surface area is 143 Å². The van der Waals surface area contributed by atoms with Crippen LogP contribution >= 0.6 is 0 Å². The molecule has 1 unspecified atom stereocenters. The predicted octanol–water partition coefficient (Wildman–Crippen LogP) is 4.35. The summed E-state index contributed by atoms with van der Waals surface area (Å²) in [6.45, 7) is 1.68. The third-order valence-electron chi connectivity index (χ3n) is 4.05. The zero-order valence-electron chi connectivity index (χ0n) is 14.1.